The van der Waals surface area contributed by atoms with Crippen LogP contribution in [0.1, 0.15) is 52.9 Å². The van der Waals surface area contributed by atoms with Crippen LogP contribution in [0.5, 0.6) is 0 Å². The molecule has 2 heteroatoms. The van der Waals surface area contributed by atoms with Crippen molar-refractivity contribution in [3.05, 3.63) is 17.5 Å². The van der Waals surface area contributed by atoms with E-state index in [4.69, 9.17) is 0 Å². The zero-order valence-corrected chi connectivity index (χ0v) is 11.6. The first kappa shape index (κ1) is 13.3. The molecular weight excluding hydrogens is 196 g/mol. The maximum Gasteiger partial charge on any atom is 0.0627 e. The van der Waals surface area contributed by atoms with Gasteiger partial charge in [-0.05, 0) is 36.2 Å². The van der Waals surface area contributed by atoms with Gasteiger partial charge in [0.15, 0.2) is 0 Å². The summed E-state index contributed by atoms with van der Waals surface area (Å²) in [6.07, 6.45) is 2.15. The zero-order valence-electron chi connectivity index (χ0n) is 11.6. The first-order chi connectivity index (χ1) is 7.28. The molecular formula is C14H26N2. The van der Waals surface area contributed by atoms with Gasteiger partial charge in [-0.1, -0.05) is 41.5 Å². The van der Waals surface area contributed by atoms with Gasteiger partial charge in [0.25, 0.3) is 0 Å². The monoisotopic (exact) mass is 222 g/mol. The fourth-order valence-electron chi connectivity index (χ4n) is 1.74. The molecule has 1 aromatic rings. The minimum Gasteiger partial charge on any atom is -0.282 e. The number of aromatic nitrogens is 2. The van der Waals surface area contributed by atoms with Crippen molar-refractivity contribution in [3.63, 3.8) is 0 Å². The van der Waals surface area contributed by atoms with E-state index in [2.05, 4.69) is 57.8 Å². The molecule has 0 saturated carbocycles. The van der Waals surface area contributed by atoms with Crippen LogP contribution in [-0.4, -0.2) is 10.2 Å². The summed E-state index contributed by atoms with van der Waals surface area (Å²) in [7, 11) is 0. The van der Waals surface area contributed by atoms with E-state index in [-0.39, 0.29) is 0 Å². The predicted molar refractivity (Wildman–Crippen MR) is 69.5 cm³/mol. The Morgan fingerprint density at radius 2 is 1.88 bits per heavy atom. The Bertz CT molecular complexity index is 318. The molecule has 2 nitrogen and oxygen atoms in total. The Morgan fingerprint density at radius 3 is 2.38 bits per heavy atom. The molecule has 92 valence electrons. The maximum absolute atomic E-state index is 4.40. The second-order valence-electron chi connectivity index (χ2n) is 6.55. The Morgan fingerprint density at radius 1 is 1.25 bits per heavy atom. The summed E-state index contributed by atoms with van der Waals surface area (Å²) < 4.78 is 0. The highest BCUT2D eigenvalue weighted by molar-refractivity contribution is 5.10. The topological polar surface area (TPSA) is 28.7 Å². The Hall–Kier alpha value is -0.790. The molecule has 0 aromatic carbocycles. The third-order valence-corrected chi connectivity index (χ3v) is 3.07. The lowest BCUT2D eigenvalue weighted by atomic mass is 9.90. The van der Waals surface area contributed by atoms with Crippen LogP contribution in [-0.2, 0) is 12.8 Å². The molecule has 0 fully saturated rings. The number of nitrogens with one attached hydrogen (secondary N) is 1. The molecule has 1 atom stereocenters. The van der Waals surface area contributed by atoms with Gasteiger partial charge in [-0.3, -0.25) is 5.10 Å². The average Bonchev–Trinajstić information content (AvgIpc) is 2.49. The number of H-pyrrole nitrogens is 1. The number of rotatable bonds is 4. The first-order valence-electron chi connectivity index (χ1n) is 6.31. The van der Waals surface area contributed by atoms with Gasteiger partial charge in [-0.15, -0.1) is 0 Å². The Labute approximate surface area is 99.8 Å². The smallest absolute Gasteiger partial charge is 0.0627 e. The highest BCUT2D eigenvalue weighted by Gasteiger charge is 2.15. The molecule has 1 unspecified atom stereocenters. The van der Waals surface area contributed by atoms with E-state index in [9.17, 15) is 0 Å². The SMILES string of the molecule is CC(C)C(C)Cc1cc(CC(C)(C)C)[nH]n1. The summed E-state index contributed by atoms with van der Waals surface area (Å²) in [5.41, 5.74) is 2.80. The third kappa shape index (κ3) is 4.38. The van der Waals surface area contributed by atoms with Crippen molar-refractivity contribution in [2.45, 2.75) is 54.4 Å². The van der Waals surface area contributed by atoms with E-state index in [0.717, 1.165) is 18.8 Å². The number of hydrogen-bond donors (Lipinski definition) is 1. The van der Waals surface area contributed by atoms with Crippen LogP contribution in [0.2, 0.25) is 0 Å². The molecule has 0 saturated heterocycles. The van der Waals surface area contributed by atoms with Crippen molar-refractivity contribution in [2.24, 2.45) is 17.3 Å². The maximum atomic E-state index is 4.40. The third-order valence-electron chi connectivity index (χ3n) is 3.07. The van der Waals surface area contributed by atoms with Crippen LogP contribution >= 0.6 is 0 Å². The van der Waals surface area contributed by atoms with Crippen LogP contribution < -0.4 is 0 Å². The lowest BCUT2D eigenvalue weighted by Gasteiger charge is -2.16. The molecule has 0 amide bonds. The summed E-state index contributed by atoms with van der Waals surface area (Å²) in [6.45, 7) is 13.6. The van der Waals surface area contributed by atoms with Crippen molar-refractivity contribution in [1.82, 2.24) is 10.2 Å². The van der Waals surface area contributed by atoms with Gasteiger partial charge in [-0.2, -0.15) is 5.10 Å². The van der Waals surface area contributed by atoms with E-state index in [1.165, 1.54) is 11.4 Å². The highest BCUT2D eigenvalue weighted by atomic mass is 15.1. The highest BCUT2D eigenvalue weighted by Crippen LogP contribution is 2.21. The predicted octanol–water partition coefficient (Wildman–Crippen LogP) is 3.83. The molecule has 1 rings (SSSR count). The molecule has 16 heavy (non-hydrogen) atoms. The quantitative estimate of drug-likeness (QED) is 0.824. The van der Waals surface area contributed by atoms with E-state index < -0.39 is 0 Å². The zero-order chi connectivity index (χ0) is 12.3. The normalized spacial score (nSPS) is 14.4. The van der Waals surface area contributed by atoms with Gasteiger partial charge >= 0.3 is 0 Å². The van der Waals surface area contributed by atoms with Crippen LogP contribution in [0.3, 0.4) is 0 Å². The molecule has 1 heterocycles. The van der Waals surface area contributed by atoms with E-state index in [1.54, 1.807) is 0 Å². The first-order valence-corrected chi connectivity index (χ1v) is 6.31. The van der Waals surface area contributed by atoms with Gasteiger partial charge in [-0.25, -0.2) is 0 Å². The molecule has 0 aliphatic heterocycles. The summed E-state index contributed by atoms with van der Waals surface area (Å²) in [6, 6.07) is 2.23. The Balaban J connectivity index is 2.58. The average molecular weight is 222 g/mol. The van der Waals surface area contributed by atoms with Gasteiger partial charge in [0.05, 0.1) is 5.69 Å². The second-order valence-corrected chi connectivity index (χ2v) is 6.55. The number of hydrogen-bond acceptors (Lipinski definition) is 1. The van der Waals surface area contributed by atoms with Crippen LogP contribution in [0.25, 0.3) is 0 Å². The lowest BCUT2D eigenvalue weighted by Crippen LogP contribution is -2.09. The summed E-state index contributed by atoms with van der Waals surface area (Å²) >= 11 is 0. The van der Waals surface area contributed by atoms with Crippen molar-refractivity contribution in [3.8, 4) is 0 Å². The van der Waals surface area contributed by atoms with Gasteiger partial charge in [0, 0.05) is 5.69 Å². The molecule has 0 aliphatic carbocycles. The van der Waals surface area contributed by atoms with Gasteiger partial charge in [0.2, 0.25) is 0 Å². The van der Waals surface area contributed by atoms with Crippen molar-refractivity contribution in [1.29, 1.82) is 0 Å². The lowest BCUT2D eigenvalue weighted by molar-refractivity contribution is 0.406. The molecule has 1 N–H and O–H groups in total. The van der Waals surface area contributed by atoms with E-state index in [1.807, 2.05) is 0 Å². The molecule has 0 radical (unpaired) electrons. The second kappa shape index (κ2) is 5.03. The molecule has 0 spiro atoms. The summed E-state index contributed by atoms with van der Waals surface area (Å²) in [5, 5.41) is 7.55. The van der Waals surface area contributed by atoms with E-state index in [0.29, 0.717) is 11.3 Å². The van der Waals surface area contributed by atoms with Gasteiger partial charge in [0.1, 0.15) is 0 Å². The largest absolute Gasteiger partial charge is 0.282 e. The van der Waals surface area contributed by atoms with Crippen LogP contribution in [0, 0.1) is 17.3 Å². The minimum atomic E-state index is 0.327. The molecule has 0 bridgehead atoms. The number of nitrogens with zero attached hydrogens (tertiary/aromatic N) is 1. The van der Waals surface area contributed by atoms with Crippen molar-refractivity contribution in [2.75, 3.05) is 0 Å². The van der Waals surface area contributed by atoms with Crippen LogP contribution in [0.15, 0.2) is 6.07 Å². The van der Waals surface area contributed by atoms with E-state index >= 15 is 0 Å². The fraction of sp³-hybridized carbons (Fsp3) is 0.786. The van der Waals surface area contributed by atoms with Crippen LogP contribution in [0.4, 0.5) is 0 Å². The fourth-order valence-corrected chi connectivity index (χ4v) is 1.74. The van der Waals surface area contributed by atoms with Gasteiger partial charge < -0.3 is 0 Å². The number of aromatic amines is 1. The summed E-state index contributed by atoms with van der Waals surface area (Å²) in [4.78, 5) is 0. The molecule has 0 aliphatic rings. The molecule has 1 aromatic heterocycles. The van der Waals surface area contributed by atoms with Crippen molar-refractivity contribution < 1.29 is 0 Å². The summed E-state index contributed by atoms with van der Waals surface area (Å²) in [5.74, 6) is 1.42. The standard InChI is InChI=1S/C14H26N2/c1-10(2)11(3)7-12-8-13(16-15-12)9-14(4,5)6/h8,10-11H,7,9H2,1-6H3,(H,15,16). The Kier molecular flexibility index (Phi) is 4.17. The van der Waals surface area contributed by atoms with Crippen molar-refractivity contribution >= 4 is 0 Å². The minimum absolute atomic E-state index is 0.327.